The zero-order valence-corrected chi connectivity index (χ0v) is 15.0. The molecular weight excluding hydrogens is 322 g/mol. The standard InChI is InChI=1S/C18H23N3O2S/c1-13-12-16(21(22)23)8-9-17(13)19-18-20(10-11-24-18)14(2)15-6-4-3-5-7-15/h8-12,14-15H,3-7H2,1-2H3. The summed E-state index contributed by atoms with van der Waals surface area (Å²) in [5, 5.41) is 12.9. The number of hydrogen-bond donors (Lipinski definition) is 0. The topological polar surface area (TPSA) is 60.4 Å². The molecule has 0 radical (unpaired) electrons. The summed E-state index contributed by atoms with van der Waals surface area (Å²) in [7, 11) is 0. The van der Waals surface area contributed by atoms with E-state index in [9.17, 15) is 10.1 Å². The zero-order valence-electron chi connectivity index (χ0n) is 14.1. The van der Waals surface area contributed by atoms with E-state index in [0.29, 0.717) is 12.0 Å². The SMILES string of the molecule is Cc1cc([N+](=O)[O-])ccc1N=c1sccn1C(C)C1CCCCC1. The van der Waals surface area contributed by atoms with Crippen molar-refractivity contribution >= 4 is 22.7 Å². The molecule has 1 aliphatic rings. The van der Waals surface area contributed by atoms with Crippen molar-refractivity contribution in [3.05, 3.63) is 50.3 Å². The van der Waals surface area contributed by atoms with Crippen LogP contribution < -0.4 is 4.80 Å². The maximum atomic E-state index is 10.9. The van der Waals surface area contributed by atoms with E-state index in [1.54, 1.807) is 23.5 Å². The summed E-state index contributed by atoms with van der Waals surface area (Å²) in [5.74, 6) is 0.713. The molecule has 0 bridgehead atoms. The molecule has 24 heavy (non-hydrogen) atoms. The largest absolute Gasteiger partial charge is 0.321 e. The minimum atomic E-state index is -0.368. The van der Waals surface area contributed by atoms with Crippen molar-refractivity contribution in [3.63, 3.8) is 0 Å². The summed E-state index contributed by atoms with van der Waals surface area (Å²) in [5.41, 5.74) is 1.74. The summed E-state index contributed by atoms with van der Waals surface area (Å²) in [6.07, 6.45) is 8.71. The molecule has 2 aromatic rings. The molecule has 0 aliphatic heterocycles. The first kappa shape index (κ1) is 16.9. The van der Waals surface area contributed by atoms with Gasteiger partial charge in [0.05, 0.1) is 10.6 Å². The summed E-state index contributed by atoms with van der Waals surface area (Å²) >= 11 is 1.62. The van der Waals surface area contributed by atoms with Crippen LogP contribution in [0, 0.1) is 23.0 Å². The Bertz CT molecular complexity index is 788. The number of rotatable bonds is 4. The van der Waals surface area contributed by atoms with Gasteiger partial charge in [0.1, 0.15) is 0 Å². The van der Waals surface area contributed by atoms with Crippen LogP contribution in [0.25, 0.3) is 0 Å². The van der Waals surface area contributed by atoms with Gasteiger partial charge < -0.3 is 4.57 Å². The smallest absolute Gasteiger partial charge is 0.269 e. The Kier molecular flexibility index (Phi) is 5.14. The second-order valence-electron chi connectivity index (χ2n) is 6.57. The molecular formula is C18H23N3O2S. The average Bonchev–Trinajstić information content (AvgIpc) is 3.04. The van der Waals surface area contributed by atoms with Gasteiger partial charge in [0, 0.05) is 29.8 Å². The highest BCUT2D eigenvalue weighted by atomic mass is 32.1. The van der Waals surface area contributed by atoms with Crippen molar-refractivity contribution in [1.82, 2.24) is 4.57 Å². The summed E-state index contributed by atoms with van der Waals surface area (Å²) in [6, 6.07) is 5.28. The summed E-state index contributed by atoms with van der Waals surface area (Å²) in [4.78, 5) is 16.2. The van der Waals surface area contributed by atoms with E-state index < -0.39 is 0 Å². The highest BCUT2D eigenvalue weighted by molar-refractivity contribution is 7.07. The Morgan fingerprint density at radius 2 is 2.08 bits per heavy atom. The quantitative estimate of drug-likeness (QED) is 0.569. The van der Waals surface area contributed by atoms with Crippen molar-refractivity contribution in [3.8, 4) is 0 Å². The first-order valence-corrected chi connectivity index (χ1v) is 9.39. The van der Waals surface area contributed by atoms with Gasteiger partial charge in [0.2, 0.25) is 0 Å². The fourth-order valence-electron chi connectivity index (χ4n) is 3.50. The van der Waals surface area contributed by atoms with Gasteiger partial charge in [-0.25, -0.2) is 4.99 Å². The number of thiazole rings is 1. The Morgan fingerprint density at radius 1 is 1.33 bits per heavy atom. The van der Waals surface area contributed by atoms with Gasteiger partial charge in [0.15, 0.2) is 4.80 Å². The van der Waals surface area contributed by atoms with Crippen molar-refractivity contribution < 1.29 is 4.92 Å². The minimum Gasteiger partial charge on any atom is -0.321 e. The summed E-state index contributed by atoms with van der Waals surface area (Å²) < 4.78 is 2.27. The van der Waals surface area contributed by atoms with Crippen molar-refractivity contribution in [2.45, 2.75) is 52.0 Å². The van der Waals surface area contributed by atoms with E-state index in [1.165, 1.54) is 38.2 Å². The number of aryl methyl sites for hydroxylation is 1. The zero-order chi connectivity index (χ0) is 17.1. The Labute approximate surface area is 145 Å². The van der Waals surface area contributed by atoms with Gasteiger partial charge >= 0.3 is 0 Å². The number of nitrogens with zero attached hydrogens (tertiary/aromatic N) is 3. The molecule has 0 spiro atoms. The van der Waals surface area contributed by atoms with Crippen LogP contribution in [-0.2, 0) is 0 Å². The lowest BCUT2D eigenvalue weighted by molar-refractivity contribution is -0.384. The normalized spacial score (nSPS) is 17.8. The summed E-state index contributed by atoms with van der Waals surface area (Å²) in [6.45, 7) is 4.15. The predicted octanol–water partition coefficient (Wildman–Crippen LogP) is 5.14. The third-order valence-corrected chi connectivity index (χ3v) is 5.76. The highest BCUT2D eigenvalue weighted by Crippen LogP contribution is 2.32. The number of hydrogen-bond acceptors (Lipinski definition) is 4. The van der Waals surface area contributed by atoms with Crippen LogP contribution >= 0.6 is 11.3 Å². The van der Waals surface area contributed by atoms with Crippen LogP contribution in [0.4, 0.5) is 11.4 Å². The lowest BCUT2D eigenvalue weighted by atomic mass is 9.84. The number of nitro benzene ring substituents is 1. The predicted molar refractivity (Wildman–Crippen MR) is 96.7 cm³/mol. The molecule has 5 nitrogen and oxygen atoms in total. The Balaban J connectivity index is 1.92. The molecule has 0 N–H and O–H groups in total. The van der Waals surface area contributed by atoms with E-state index >= 15 is 0 Å². The van der Waals surface area contributed by atoms with Gasteiger partial charge in [-0.05, 0) is 44.2 Å². The van der Waals surface area contributed by atoms with Crippen LogP contribution in [-0.4, -0.2) is 9.49 Å². The third kappa shape index (κ3) is 3.59. The Morgan fingerprint density at radius 3 is 2.75 bits per heavy atom. The van der Waals surface area contributed by atoms with Gasteiger partial charge in [-0.2, -0.15) is 0 Å². The van der Waals surface area contributed by atoms with Crippen molar-refractivity contribution in [2.75, 3.05) is 0 Å². The third-order valence-electron chi connectivity index (χ3n) is 4.99. The molecule has 1 aromatic carbocycles. The molecule has 0 amide bonds. The van der Waals surface area contributed by atoms with Crippen molar-refractivity contribution in [2.24, 2.45) is 10.9 Å². The van der Waals surface area contributed by atoms with Gasteiger partial charge in [-0.1, -0.05) is 19.3 Å². The van der Waals surface area contributed by atoms with Crippen LogP contribution in [0.3, 0.4) is 0 Å². The van der Waals surface area contributed by atoms with Gasteiger partial charge in [-0.15, -0.1) is 11.3 Å². The molecule has 1 heterocycles. The maximum Gasteiger partial charge on any atom is 0.269 e. The number of non-ortho nitro benzene ring substituents is 1. The fraction of sp³-hybridized carbons (Fsp3) is 0.500. The minimum absolute atomic E-state index is 0.112. The van der Waals surface area contributed by atoms with Crippen LogP contribution in [0.2, 0.25) is 0 Å². The first-order chi connectivity index (χ1) is 11.6. The van der Waals surface area contributed by atoms with E-state index in [2.05, 4.69) is 23.1 Å². The first-order valence-electron chi connectivity index (χ1n) is 8.51. The van der Waals surface area contributed by atoms with E-state index in [4.69, 9.17) is 4.99 Å². The lowest BCUT2D eigenvalue weighted by Crippen LogP contribution is -2.25. The fourth-order valence-corrected chi connectivity index (χ4v) is 4.31. The molecule has 3 rings (SSSR count). The van der Waals surface area contributed by atoms with Crippen LogP contribution in [0.5, 0.6) is 0 Å². The molecule has 128 valence electrons. The molecule has 1 saturated carbocycles. The molecule has 1 fully saturated rings. The molecule has 0 saturated heterocycles. The lowest BCUT2D eigenvalue weighted by Gasteiger charge is -2.28. The molecule has 1 unspecified atom stereocenters. The van der Waals surface area contributed by atoms with E-state index in [-0.39, 0.29) is 10.6 Å². The van der Waals surface area contributed by atoms with Crippen LogP contribution in [0.15, 0.2) is 34.8 Å². The highest BCUT2D eigenvalue weighted by Gasteiger charge is 2.21. The number of nitro groups is 1. The van der Waals surface area contributed by atoms with Gasteiger partial charge in [-0.3, -0.25) is 10.1 Å². The second kappa shape index (κ2) is 7.30. The maximum absolute atomic E-state index is 10.9. The van der Waals surface area contributed by atoms with E-state index in [0.717, 1.165) is 16.1 Å². The Hall–Kier alpha value is -1.95. The van der Waals surface area contributed by atoms with E-state index in [1.807, 2.05) is 6.92 Å². The van der Waals surface area contributed by atoms with Gasteiger partial charge in [0.25, 0.3) is 5.69 Å². The van der Waals surface area contributed by atoms with Crippen molar-refractivity contribution in [1.29, 1.82) is 0 Å². The molecule has 1 atom stereocenters. The second-order valence-corrected chi connectivity index (χ2v) is 7.44. The monoisotopic (exact) mass is 345 g/mol. The average molecular weight is 345 g/mol. The number of aromatic nitrogens is 1. The van der Waals surface area contributed by atoms with Crippen LogP contribution in [0.1, 0.15) is 50.6 Å². The molecule has 1 aromatic heterocycles. The number of benzene rings is 1. The molecule has 6 heteroatoms. The molecule has 1 aliphatic carbocycles.